The van der Waals surface area contributed by atoms with E-state index in [4.69, 9.17) is 0 Å². The van der Waals surface area contributed by atoms with E-state index >= 15 is 0 Å². The van der Waals surface area contributed by atoms with Gasteiger partial charge in [-0.1, -0.05) is 26.7 Å². The Labute approximate surface area is 107 Å². The normalized spacial score (nSPS) is 24.9. The lowest BCUT2D eigenvalue weighted by Gasteiger charge is -2.33. The fraction of sp³-hybridized carbons (Fsp3) is 1.00. The fourth-order valence-electron chi connectivity index (χ4n) is 3.38. The summed E-state index contributed by atoms with van der Waals surface area (Å²) in [4.78, 5) is 2.64. The molecule has 1 saturated heterocycles. The molecule has 0 aromatic carbocycles. The second-order valence-corrected chi connectivity index (χ2v) is 6.53. The van der Waals surface area contributed by atoms with Gasteiger partial charge in [-0.25, -0.2) is 0 Å². The van der Waals surface area contributed by atoms with Crippen LogP contribution >= 0.6 is 0 Å². The van der Waals surface area contributed by atoms with Gasteiger partial charge in [-0.15, -0.1) is 0 Å². The van der Waals surface area contributed by atoms with E-state index < -0.39 is 0 Å². The zero-order valence-corrected chi connectivity index (χ0v) is 11.8. The van der Waals surface area contributed by atoms with Gasteiger partial charge in [-0.3, -0.25) is 0 Å². The van der Waals surface area contributed by atoms with Crippen LogP contribution in [0.4, 0.5) is 0 Å². The van der Waals surface area contributed by atoms with Crippen molar-refractivity contribution >= 4 is 0 Å². The van der Waals surface area contributed by atoms with Crippen LogP contribution < -0.4 is 5.32 Å². The molecule has 17 heavy (non-hydrogen) atoms. The van der Waals surface area contributed by atoms with Crippen LogP contribution in [-0.4, -0.2) is 37.1 Å². The molecule has 1 aliphatic carbocycles. The molecule has 100 valence electrons. The molecule has 0 atom stereocenters. The highest BCUT2D eigenvalue weighted by molar-refractivity contribution is 4.79. The number of nitrogens with zero attached hydrogens (tertiary/aromatic N) is 1. The van der Waals surface area contributed by atoms with Crippen LogP contribution in [0.3, 0.4) is 0 Å². The third-order valence-corrected chi connectivity index (χ3v) is 4.38. The van der Waals surface area contributed by atoms with Gasteiger partial charge in [-0.2, -0.15) is 0 Å². The molecule has 0 radical (unpaired) electrons. The molecule has 1 heterocycles. The summed E-state index contributed by atoms with van der Waals surface area (Å²) < 4.78 is 0. The number of hydrogen-bond acceptors (Lipinski definition) is 2. The number of piperidine rings is 1. The topological polar surface area (TPSA) is 15.3 Å². The van der Waals surface area contributed by atoms with Crippen LogP contribution in [0.25, 0.3) is 0 Å². The second-order valence-electron chi connectivity index (χ2n) is 6.53. The molecular weight excluding hydrogens is 208 g/mol. The van der Waals surface area contributed by atoms with Gasteiger partial charge in [0, 0.05) is 12.6 Å². The van der Waals surface area contributed by atoms with Crippen LogP contribution in [0.2, 0.25) is 0 Å². The molecular formula is C15H30N2. The third-order valence-electron chi connectivity index (χ3n) is 4.38. The van der Waals surface area contributed by atoms with E-state index in [1.54, 1.807) is 0 Å². The van der Waals surface area contributed by atoms with Crippen LogP contribution in [0, 0.1) is 11.8 Å². The molecule has 2 aliphatic rings. The van der Waals surface area contributed by atoms with Crippen LogP contribution in [0.1, 0.15) is 52.4 Å². The molecule has 2 fully saturated rings. The molecule has 0 amide bonds. The molecule has 0 bridgehead atoms. The molecule has 0 aromatic rings. The summed E-state index contributed by atoms with van der Waals surface area (Å²) in [6, 6.07) is 0.805. The summed E-state index contributed by atoms with van der Waals surface area (Å²) in [6.45, 7) is 9.83. The standard InChI is InChI=1S/C15H30N2/c1-13(2)12-17-9-7-15(8-10-17)16-11-14-5-3-4-6-14/h13-16H,3-12H2,1-2H3. The van der Waals surface area contributed by atoms with Crippen molar-refractivity contribution < 1.29 is 0 Å². The third kappa shape index (κ3) is 4.59. The minimum atomic E-state index is 0.805. The number of rotatable bonds is 5. The molecule has 1 saturated carbocycles. The van der Waals surface area contributed by atoms with Crippen molar-refractivity contribution in [1.82, 2.24) is 10.2 Å². The maximum atomic E-state index is 3.81. The lowest BCUT2D eigenvalue weighted by molar-refractivity contribution is 0.177. The van der Waals surface area contributed by atoms with Gasteiger partial charge in [-0.05, 0) is 57.2 Å². The minimum Gasteiger partial charge on any atom is -0.314 e. The Bertz CT molecular complexity index is 201. The minimum absolute atomic E-state index is 0.805. The number of likely N-dealkylation sites (tertiary alicyclic amines) is 1. The van der Waals surface area contributed by atoms with Gasteiger partial charge >= 0.3 is 0 Å². The Morgan fingerprint density at radius 3 is 2.29 bits per heavy atom. The molecule has 2 heteroatoms. The van der Waals surface area contributed by atoms with E-state index in [1.165, 1.54) is 64.7 Å². The van der Waals surface area contributed by atoms with E-state index in [-0.39, 0.29) is 0 Å². The van der Waals surface area contributed by atoms with Crippen molar-refractivity contribution in [3.63, 3.8) is 0 Å². The molecule has 2 rings (SSSR count). The first-order valence-electron chi connectivity index (χ1n) is 7.70. The van der Waals surface area contributed by atoms with Crippen molar-refractivity contribution in [2.45, 2.75) is 58.4 Å². The van der Waals surface area contributed by atoms with E-state index in [2.05, 4.69) is 24.1 Å². The summed E-state index contributed by atoms with van der Waals surface area (Å²) in [5.74, 6) is 1.81. The van der Waals surface area contributed by atoms with E-state index in [0.717, 1.165) is 17.9 Å². The monoisotopic (exact) mass is 238 g/mol. The first-order chi connectivity index (χ1) is 8.24. The quantitative estimate of drug-likeness (QED) is 0.792. The van der Waals surface area contributed by atoms with Gasteiger partial charge < -0.3 is 10.2 Å². The highest BCUT2D eigenvalue weighted by Gasteiger charge is 2.21. The van der Waals surface area contributed by atoms with Crippen molar-refractivity contribution in [3.05, 3.63) is 0 Å². The van der Waals surface area contributed by atoms with E-state index in [0.29, 0.717) is 0 Å². The van der Waals surface area contributed by atoms with E-state index in [9.17, 15) is 0 Å². The van der Waals surface area contributed by atoms with Gasteiger partial charge in [0.25, 0.3) is 0 Å². The summed E-state index contributed by atoms with van der Waals surface area (Å²) >= 11 is 0. The molecule has 0 spiro atoms. The SMILES string of the molecule is CC(C)CN1CCC(NCC2CCCC2)CC1. The average molecular weight is 238 g/mol. The first-order valence-corrected chi connectivity index (χ1v) is 7.70. The Balaban J connectivity index is 1.58. The number of hydrogen-bond donors (Lipinski definition) is 1. The summed E-state index contributed by atoms with van der Waals surface area (Å²) in [7, 11) is 0. The van der Waals surface area contributed by atoms with Crippen molar-refractivity contribution in [2.75, 3.05) is 26.2 Å². The fourth-order valence-corrected chi connectivity index (χ4v) is 3.38. The van der Waals surface area contributed by atoms with Gasteiger partial charge in [0.1, 0.15) is 0 Å². The smallest absolute Gasteiger partial charge is 0.00915 e. The van der Waals surface area contributed by atoms with Gasteiger partial charge in [0.15, 0.2) is 0 Å². The zero-order valence-electron chi connectivity index (χ0n) is 11.8. The van der Waals surface area contributed by atoms with E-state index in [1.807, 2.05) is 0 Å². The molecule has 0 aromatic heterocycles. The van der Waals surface area contributed by atoms with Crippen molar-refractivity contribution in [2.24, 2.45) is 11.8 Å². The Morgan fingerprint density at radius 1 is 1.06 bits per heavy atom. The van der Waals surface area contributed by atoms with Crippen LogP contribution in [0.5, 0.6) is 0 Å². The van der Waals surface area contributed by atoms with Crippen molar-refractivity contribution in [3.8, 4) is 0 Å². The summed E-state index contributed by atoms with van der Waals surface area (Å²) in [6.07, 6.45) is 8.61. The average Bonchev–Trinajstić information content (AvgIpc) is 2.80. The lowest BCUT2D eigenvalue weighted by Crippen LogP contribution is -2.44. The Kier molecular flexibility index (Phi) is 5.30. The van der Waals surface area contributed by atoms with Crippen molar-refractivity contribution in [1.29, 1.82) is 0 Å². The van der Waals surface area contributed by atoms with Gasteiger partial charge in [0.05, 0.1) is 0 Å². The van der Waals surface area contributed by atoms with Gasteiger partial charge in [0.2, 0.25) is 0 Å². The summed E-state index contributed by atoms with van der Waals surface area (Å²) in [5, 5.41) is 3.81. The predicted molar refractivity (Wildman–Crippen MR) is 74.3 cm³/mol. The molecule has 1 aliphatic heterocycles. The zero-order chi connectivity index (χ0) is 12.1. The highest BCUT2D eigenvalue weighted by Crippen LogP contribution is 2.24. The molecule has 0 unspecified atom stereocenters. The molecule has 2 nitrogen and oxygen atoms in total. The van der Waals surface area contributed by atoms with Crippen LogP contribution in [0.15, 0.2) is 0 Å². The predicted octanol–water partition coefficient (Wildman–Crippen LogP) is 2.89. The van der Waals surface area contributed by atoms with Crippen LogP contribution in [-0.2, 0) is 0 Å². The molecule has 1 N–H and O–H groups in total. The lowest BCUT2D eigenvalue weighted by atomic mass is 10.0. The maximum Gasteiger partial charge on any atom is 0.00915 e. The maximum absolute atomic E-state index is 3.81. The first kappa shape index (κ1) is 13.4. The Hall–Kier alpha value is -0.0800. The largest absolute Gasteiger partial charge is 0.314 e. The highest BCUT2D eigenvalue weighted by atomic mass is 15.1. The summed E-state index contributed by atoms with van der Waals surface area (Å²) in [5.41, 5.74) is 0. The Morgan fingerprint density at radius 2 is 1.71 bits per heavy atom. The number of nitrogens with one attached hydrogen (secondary N) is 1. The second kappa shape index (κ2) is 6.75.